The molecule has 21 heavy (non-hydrogen) atoms. The highest BCUT2D eigenvalue weighted by atomic mass is 32.2. The molecule has 0 bridgehead atoms. The highest BCUT2D eigenvalue weighted by molar-refractivity contribution is 7.88. The molecule has 1 aromatic rings. The van der Waals surface area contributed by atoms with Crippen LogP contribution < -0.4 is 10.0 Å². The molecular formula is C14H21FN2O3S. The van der Waals surface area contributed by atoms with Crippen molar-refractivity contribution in [1.82, 2.24) is 10.0 Å². The molecule has 118 valence electrons. The van der Waals surface area contributed by atoms with Crippen molar-refractivity contribution in [3.8, 4) is 0 Å². The highest BCUT2D eigenvalue weighted by Gasteiger charge is 2.19. The summed E-state index contributed by atoms with van der Waals surface area (Å²) in [5.41, 5.74) is 0.543. The predicted octanol–water partition coefficient (Wildman–Crippen LogP) is 1.58. The molecule has 7 heteroatoms. The van der Waals surface area contributed by atoms with E-state index < -0.39 is 21.9 Å². The van der Waals surface area contributed by atoms with Crippen LogP contribution in [0.15, 0.2) is 24.3 Å². The molecule has 0 spiro atoms. The van der Waals surface area contributed by atoms with Crippen LogP contribution in [0.3, 0.4) is 0 Å². The van der Waals surface area contributed by atoms with Gasteiger partial charge in [-0.3, -0.25) is 4.79 Å². The van der Waals surface area contributed by atoms with Gasteiger partial charge in [0, 0.05) is 13.0 Å². The maximum Gasteiger partial charge on any atom is 0.221 e. The largest absolute Gasteiger partial charge is 0.356 e. The Bertz CT molecular complexity index is 570. The Morgan fingerprint density at radius 1 is 1.24 bits per heavy atom. The number of sulfonamides is 1. The van der Waals surface area contributed by atoms with Gasteiger partial charge in [0.1, 0.15) is 5.82 Å². The molecule has 0 unspecified atom stereocenters. The van der Waals surface area contributed by atoms with Crippen LogP contribution in [-0.4, -0.2) is 27.1 Å². The van der Waals surface area contributed by atoms with Gasteiger partial charge < -0.3 is 5.32 Å². The molecule has 0 heterocycles. The lowest BCUT2D eigenvalue weighted by molar-refractivity contribution is -0.121. The molecule has 1 aromatic carbocycles. The number of carbonyl (C=O) groups excluding carboxylic acids is 1. The second kappa shape index (κ2) is 7.51. The topological polar surface area (TPSA) is 75.3 Å². The van der Waals surface area contributed by atoms with Crippen LogP contribution in [0, 0.1) is 11.7 Å². The summed E-state index contributed by atoms with van der Waals surface area (Å²) in [6.07, 6.45) is 0.987. The van der Waals surface area contributed by atoms with Gasteiger partial charge >= 0.3 is 0 Å². The molecule has 5 nitrogen and oxygen atoms in total. The fourth-order valence-corrected chi connectivity index (χ4v) is 2.49. The van der Waals surface area contributed by atoms with E-state index in [-0.39, 0.29) is 12.3 Å². The summed E-state index contributed by atoms with van der Waals surface area (Å²) >= 11 is 0. The Kier molecular flexibility index (Phi) is 6.29. The molecule has 2 N–H and O–H groups in total. The summed E-state index contributed by atoms with van der Waals surface area (Å²) in [7, 11) is -3.48. The maximum atomic E-state index is 12.9. The second-order valence-electron chi connectivity index (χ2n) is 5.40. The third-order valence-corrected chi connectivity index (χ3v) is 3.44. The van der Waals surface area contributed by atoms with E-state index in [1.54, 1.807) is 0 Å². The Balaban J connectivity index is 2.82. The minimum atomic E-state index is -3.48. The van der Waals surface area contributed by atoms with Crippen LogP contribution in [0.2, 0.25) is 0 Å². The maximum absolute atomic E-state index is 12.9. The number of amides is 1. The van der Waals surface area contributed by atoms with Crippen LogP contribution in [0.4, 0.5) is 4.39 Å². The molecule has 0 aromatic heterocycles. The molecule has 0 aliphatic carbocycles. The average Bonchev–Trinajstić information content (AvgIpc) is 2.35. The van der Waals surface area contributed by atoms with Crippen LogP contribution >= 0.6 is 0 Å². The van der Waals surface area contributed by atoms with Gasteiger partial charge in [-0.2, -0.15) is 0 Å². The summed E-state index contributed by atoms with van der Waals surface area (Å²) in [4.78, 5) is 11.9. The van der Waals surface area contributed by atoms with Gasteiger partial charge in [0.2, 0.25) is 15.9 Å². The van der Waals surface area contributed by atoms with E-state index in [1.807, 2.05) is 13.8 Å². The van der Waals surface area contributed by atoms with Crippen molar-refractivity contribution in [2.45, 2.75) is 26.3 Å². The molecule has 0 saturated carbocycles. The molecule has 1 atom stereocenters. The van der Waals surface area contributed by atoms with Gasteiger partial charge in [-0.05, 0) is 23.6 Å². The quantitative estimate of drug-likeness (QED) is 0.802. The molecule has 0 fully saturated rings. The summed E-state index contributed by atoms with van der Waals surface area (Å²) in [6.45, 7) is 4.45. The second-order valence-corrected chi connectivity index (χ2v) is 7.18. The lowest BCUT2D eigenvalue weighted by atomic mass is 10.0. The first-order valence-electron chi connectivity index (χ1n) is 6.67. The summed E-state index contributed by atoms with van der Waals surface area (Å²) < 4.78 is 38.2. The van der Waals surface area contributed by atoms with Gasteiger partial charge in [-0.1, -0.05) is 26.0 Å². The van der Waals surface area contributed by atoms with Crippen LogP contribution in [0.1, 0.15) is 31.9 Å². The number of hydrogen-bond donors (Lipinski definition) is 2. The minimum Gasteiger partial charge on any atom is -0.356 e. The fraction of sp³-hybridized carbons (Fsp3) is 0.500. The van der Waals surface area contributed by atoms with Crippen molar-refractivity contribution in [3.63, 3.8) is 0 Å². The lowest BCUT2D eigenvalue weighted by Gasteiger charge is -2.18. The number of hydrogen-bond acceptors (Lipinski definition) is 3. The molecule has 0 aliphatic rings. The van der Waals surface area contributed by atoms with E-state index in [4.69, 9.17) is 0 Å². The highest BCUT2D eigenvalue weighted by Crippen LogP contribution is 2.18. The zero-order valence-electron chi connectivity index (χ0n) is 12.4. The third kappa shape index (κ3) is 7.19. The molecular weight excluding hydrogens is 295 g/mol. The molecule has 1 amide bonds. The monoisotopic (exact) mass is 316 g/mol. The van der Waals surface area contributed by atoms with Gasteiger partial charge in [-0.25, -0.2) is 17.5 Å². The smallest absolute Gasteiger partial charge is 0.221 e. The van der Waals surface area contributed by atoms with Crippen molar-refractivity contribution >= 4 is 15.9 Å². The summed E-state index contributed by atoms with van der Waals surface area (Å²) in [6, 6.07) is 4.69. The predicted molar refractivity (Wildman–Crippen MR) is 79.6 cm³/mol. The standard InChI is InChI=1S/C14H21FN2O3S/c1-10(2)9-16-14(18)8-13(17-21(3,19)20)11-4-6-12(15)7-5-11/h4-7,10,13,17H,8-9H2,1-3H3,(H,16,18)/t13-/m1/s1. The van der Waals surface area contributed by atoms with Crippen LogP contribution in [0.25, 0.3) is 0 Å². The number of nitrogens with one attached hydrogen (secondary N) is 2. The fourth-order valence-electron chi connectivity index (χ4n) is 1.76. The summed E-state index contributed by atoms with van der Waals surface area (Å²) in [5.74, 6) is -0.364. The van der Waals surface area contributed by atoms with Crippen molar-refractivity contribution in [3.05, 3.63) is 35.6 Å². The number of carbonyl (C=O) groups is 1. The first-order valence-corrected chi connectivity index (χ1v) is 8.56. The van der Waals surface area contributed by atoms with E-state index in [0.29, 0.717) is 18.0 Å². The van der Waals surface area contributed by atoms with E-state index >= 15 is 0 Å². The van der Waals surface area contributed by atoms with Gasteiger partial charge in [0.15, 0.2) is 0 Å². The van der Waals surface area contributed by atoms with Crippen molar-refractivity contribution in [2.75, 3.05) is 12.8 Å². The third-order valence-electron chi connectivity index (χ3n) is 2.73. The van der Waals surface area contributed by atoms with Crippen LogP contribution in [-0.2, 0) is 14.8 Å². The Morgan fingerprint density at radius 3 is 2.29 bits per heavy atom. The Morgan fingerprint density at radius 2 is 1.81 bits per heavy atom. The van der Waals surface area contributed by atoms with Crippen molar-refractivity contribution in [2.24, 2.45) is 5.92 Å². The summed E-state index contributed by atoms with van der Waals surface area (Å²) in [5, 5.41) is 2.73. The number of benzene rings is 1. The van der Waals surface area contributed by atoms with Crippen LogP contribution in [0.5, 0.6) is 0 Å². The van der Waals surface area contributed by atoms with Crippen molar-refractivity contribution < 1.29 is 17.6 Å². The van der Waals surface area contributed by atoms with Gasteiger partial charge in [0.25, 0.3) is 0 Å². The molecule has 1 rings (SSSR count). The molecule has 0 aliphatic heterocycles. The zero-order chi connectivity index (χ0) is 16.0. The van der Waals surface area contributed by atoms with Crippen molar-refractivity contribution in [1.29, 1.82) is 0 Å². The number of halogens is 1. The SMILES string of the molecule is CC(C)CNC(=O)C[C@@H](NS(C)(=O)=O)c1ccc(F)cc1. The Labute approximate surface area is 125 Å². The molecule has 0 saturated heterocycles. The van der Waals surface area contributed by atoms with E-state index in [0.717, 1.165) is 6.26 Å². The first kappa shape index (κ1) is 17.6. The van der Waals surface area contributed by atoms with E-state index in [2.05, 4.69) is 10.0 Å². The zero-order valence-corrected chi connectivity index (χ0v) is 13.2. The van der Waals surface area contributed by atoms with Gasteiger partial charge in [0.05, 0.1) is 12.3 Å². The first-order chi connectivity index (χ1) is 9.67. The van der Waals surface area contributed by atoms with E-state index in [1.165, 1.54) is 24.3 Å². The van der Waals surface area contributed by atoms with E-state index in [9.17, 15) is 17.6 Å². The lowest BCUT2D eigenvalue weighted by Crippen LogP contribution is -2.34. The Hall–Kier alpha value is -1.47. The normalized spacial score (nSPS) is 13.2. The minimum absolute atomic E-state index is 0.0363. The number of rotatable bonds is 7. The average molecular weight is 316 g/mol. The van der Waals surface area contributed by atoms with Gasteiger partial charge in [-0.15, -0.1) is 0 Å². The molecule has 0 radical (unpaired) electrons.